The van der Waals surface area contributed by atoms with Gasteiger partial charge in [0.1, 0.15) is 6.61 Å². The van der Waals surface area contributed by atoms with E-state index in [4.69, 9.17) is 9.47 Å². The molecular formula is C22H34N2O3. The highest BCUT2D eigenvalue weighted by atomic mass is 16.5. The van der Waals surface area contributed by atoms with Crippen molar-refractivity contribution in [2.45, 2.75) is 32.1 Å². The van der Waals surface area contributed by atoms with Gasteiger partial charge in [0.05, 0.1) is 13.2 Å². The summed E-state index contributed by atoms with van der Waals surface area (Å²) in [7, 11) is 1.64. The number of methoxy groups -OCH3 is 1. The van der Waals surface area contributed by atoms with Crippen molar-refractivity contribution in [1.82, 2.24) is 9.80 Å². The van der Waals surface area contributed by atoms with Crippen molar-refractivity contribution >= 4 is 5.91 Å². The topological polar surface area (TPSA) is 42.0 Å². The van der Waals surface area contributed by atoms with Gasteiger partial charge in [0.15, 0.2) is 0 Å². The van der Waals surface area contributed by atoms with Crippen LogP contribution in [0.1, 0.15) is 37.7 Å². The molecule has 2 fully saturated rings. The number of hydrogen-bond acceptors (Lipinski definition) is 4. The summed E-state index contributed by atoms with van der Waals surface area (Å²) >= 11 is 0. The number of piperidine rings is 2. The Morgan fingerprint density at radius 3 is 2.59 bits per heavy atom. The van der Waals surface area contributed by atoms with E-state index < -0.39 is 0 Å². The van der Waals surface area contributed by atoms with Gasteiger partial charge >= 0.3 is 0 Å². The molecule has 1 atom stereocenters. The molecule has 150 valence electrons. The molecule has 5 heteroatoms. The molecule has 0 saturated carbocycles. The minimum absolute atomic E-state index is 0.115. The van der Waals surface area contributed by atoms with E-state index >= 15 is 0 Å². The maximum Gasteiger partial charge on any atom is 0.248 e. The number of amides is 1. The van der Waals surface area contributed by atoms with Gasteiger partial charge < -0.3 is 19.3 Å². The summed E-state index contributed by atoms with van der Waals surface area (Å²) in [6.45, 7) is 8.56. The van der Waals surface area contributed by atoms with Crippen LogP contribution in [-0.2, 0) is 14.3 Å². The van der Waals surface area contributed by atoms with Crippen molar-refractivity contribution in [3.63, 3.8) is 0 Å². The van der Waals surface area contributed by atoms with E-state index in [9.17, 15) is 4.79 Å². The molecule has 3 rings (SSSR count). The highest BCUT2D eigenvalue weighted by molar-refractivity contribution is 5.77. The molecule has 0 N–H and O–H groups in total. The van der Waals surface area contributed by atoms with Gasteiger partial charge in [-0.05, 0) is 42.7 Å². The van der Waals surface area contributed by atoms with Crippen molar-refractivity contribution < 1.29 is 14.3 Å². The normalized spacial score (nSPS) is 22.9. The first-order valence-corrected chi connectivity index (χ1v) is 10.3. The van der Waals surface area contributed by atoms with Crippen molar-refractivity contribution in [1.29, 1.82) is 0 Å². The summed E-state index contributed by atoms with van der Waals surface area (Å²) < 4.78 is 10.4. The lowest BCUT2D eigenvalue weighted by atomic mass is 9.68. The van der Waals surface area contributed by atoms with Crippen LogP contribution in [0.2, 0.25) is 0 Å². The standard InChI is InChI=1S/C22H34N2O3/c1-3-23-16-20(19-7-5-4-6-8-19)15-22(18-23)9-11-24(12-10-22)21(25)17-27-14-13-26-2/h4-8,20H,3,9-18H2,1-2H3. The number of rotatable bonds is 7. The van der Waals surface area contributed by atoms with Crippen LogP contribution in [0.3, 0.4) is 0 Å². The molecule has 1 aromatic rings. The van der Waals surface area contributed by atoms with E-state index in [1.54, 1.807) is 7.11 Å². The molecule has 0 aromatic heterocycles. The molecule has 2 saturated heterocycles. The third-order valence-electron chi connectivity index (χ3n) is 6.27. The average molecular weight is 375 g/mol. The van der Waals surface area contributed by atoms with Crippen LogP contribution in [0, 0.1) is 5.41 Å². The number of ether oxygens (including phenoxy) is 2. The number of likely N-dealkylation sites (N-methyl/N-ethyl adjacent to an activating group) is 1. The predicted molar refractivity (Wildman–Crippen MR) is 107 cm³/mol. The summed E-state index contributed by atoms with van der Waals surface area (Å²) in [5, 5.41) is 0. The third-order valence-corrected chi connectivity index (χ3v) is 6.27. The average Bonchev–Trinajstić information content (AvgIpc) is 2.72. The summed E-state index contributed by atoms with van der Waals surface area (Å²) in [5.74, 6) is 0.711. The van der Waals surface area contributed by atoms with Crippen LogP contribution >= 0.6 is 0 Å². The zero-order chi connectivity index (χ0) is 19.1. The van der Waals surface area contributed by atoms with Crippen molar-refractivity contribution in [2.75, 3.05) is 59.7 Å². The minimum Gasteiger partial charge on any atom is -0.382 e. The zero-order valence-corrected chi connectivity index (χ0v) is 16.9. The Balaban J connectivity index is 1.57. The highest BCUT2D eigenvalue weighted by Crippen LogP contribution is 2.45. The fourth-order valence-electron chi connectivity index (χ4n) is 4.68. The second-order valence-electron chi connectivity index (χ2n) is 8.07. The first-order valence-electron chi connectivity index (χ1n) is 10.3. The van der Waals surface area contributed by atoms with Gasteiger partial charge in [-0.15, -0.1) is 0 Å². The van der Waals surface area contributed by atoms with E-state index in [0.29, 0.717) is 24.5 Å². The summed E-state index contributed by atoms with van der Waals surface area (Å²) in [6, 6.07) is 10.9. The Morgan fingerprint density at radius 1 is 1.19 bits per heavy atom. The minimum atomic E-state index is 0.115. The lowest BCUT2D eigenvalue weighted by Gasteiger charge is -2.50. The fourth-order valence-corrected chi connectivity index (χ4v) is 4.68. The second-order valence-corrected chi connectivity index (χ2v) is 8.07. The number of likely N-dealkylation sites (tertiary alicyclic amines) is 2. The molecule has 0 radical (unpaired) electrons. The molecular weight excluding hydrogens is 340 g/mol. The van der Waals surface area contributed by atoms with Crippen LogP contribution in [0.4, 0.5) is 0 Å². The monoisotopic (exact) mass is 374 g/mol. The van der Waals surface area contributed by atoms with Crippen molar-refractivity contribution in [3.8, 4) is 0 Å². The van der Waals surface area contributed by atoms with Gasteiger partial charge in [-0.3, -0.25) is 4.79 Å². The molecule has 1 aromatic carbocycles. The number of carbonyl (C=O) groups excluding carboxylic acids is 1. The lowest BCUT2D eigenvalue weighted by Crippen LogP contribution is -2.52. The second kappa shape index (κ2) is 9.67. The molecule has 2 aliphatic rings. The van der Waals surface area contributed by atoms with Crippen LogP contribution < -0.4 is 0 Å². The Labute approximate surface area is 163 Å². The molecule has 0 bridgehead atoms. The third kappa shape index (κ3) is 5.31. The number of nitrogens with zero attached hydrogens (tertiary/aromatic N) is 2. The SMILES string of the molecule is CCN1CC(c2ccccc2)CC2(CCN(C(=O)COCCOC)CC2)C1. The molecule has 2 aliphatic heterocycles. The molecule has 2 heterocycles. The van der Waals surface area contributed by atoms with Gasteiger partial charge in [-0.1, -0.05) is 37.3 Å². The van der Waals surface area contributed by atoms with E-state index in [1.165, 1.54) is 18.5 Å². The smallest absolute Gasteiger partial charge is 0.248 e. The fraction of sp³-hybridized carbons (Fsp3) is 0.682. The van der Waals surface area contributed by atoms with E-state index in [1.807, 2.05) is 4.90 Å². The summed E-state index contributed by atoms with van der Waals surface area (Å²) in [6.07, 6.45) is 3.42. The van der Waals surface area contributed by atoms with Gasteiger partial charge in [0.25, 0.3) is 0 Å². The molecule has 27 heavy (non-hydrogen) atoms. The van der Waals surface area contributed by atoms with Gasteiger partial charge in [-0.25, -0.2) is 0 Å². The summed E-state index contributed by atoms with van der Waals surface area (Å²) in [5.41, 5.74) is 1.79. The number of benzene rings is 1. The van der Waals surface area contributed by atoms with Crippen LogP contribution in [0.25, 0.3) is 0 Å². The molecule has 0 aliphatic carbocycles. The Hall–Kier alpha value is -1.43. The lowest BCUT2D eigenvalue weighted by molar-refractivity contribution is -0.139. The van der Waals surface area contributed by atoms with Gasteiger partial charge in [-0.2, -0.15) is 0 Å². The van der Waals surface area contributed by atoms with E-state index in [-0.39, 0.29) is 12.5 Å². The molecule has 5 nitrogen and oxygen atoms in total. The van der Waals surface area contributed by atoms with E-state index in [2.05, 4.69) is 42.2 Å². The highest BCUT2D eigenvalue weighted by Gasteiger charge is 2.42. The summed E-state index contributed by atoms with van der Waals surface area (Å²) in [4.78, 5) is 17.0. The van der Waals surface area contributed by atoms with Gasteiger partial charge in [0, 0.05) is 33.3 Å². The first-order chi connectivity index (χ1) is 13.2. The molecule has 1 unspecified atom stereocenters. The maximum atomic E-state index is 12.4. The maximum absolute atomic E-state index is 12.4. The zero-order valence-electron chi connectivity index (χ0n) is 16.9. The quantitative estimate of drug-likeness (QED) is 0.688. The van der Waals surface area contributed by atoms with Crippen molar-refractivity contribution in [3.05, 3.63) is 35.9 Å². The molecule has 1 spiro atoms. The predicted octanol–water partition coefficient (Wildman–Crippen LogP) is 2.77. The Bertz CT molecular complexity index is 584. The van der Waals surface area contributed by atoms with Crippen LogP contribution in [0.5, 0.6) is 0 Å². The van der Waals surface area contributed by atoms with Crippen molar-refractivity contribution in [2.24, 2.45) is 5.41 Å². The number of hydrogen-bond donors (Lipinski definition) is 0. The Morgan fingerprint density at radius 2 is 1.93 bits per heavy atom. The Kier molecular flexibility index (Phi) is 7.27. The number of carbonyl (C=O) groups is 1. The molecule has 1 amide bonds. The van der Waals surface area contributed by atoms with E-state index in [0.717, 1.165) is 39.0 Å². The van der Waals surface area contributed by atoms with Crippen LogP contribution in [-0.4, -0.2) is 75.4 Å². The van der Waals surface area contributed by atoms with Gasteiger partial charge in [0.2, 0.25) is 5.91 Å². The largest absolute Gasteiger partial charge is 0.382 e. The van der Waals surface area contributed by atoms with Crippen LogP contribution in [0.15, 0.2) is 30.3 Å². The first kappa shape index (κ1) is 20.3.